The van der Waals surface area contributed by atoms with Crippen molar-refractivity contribution in [2.45, 2.75) is 66.5 Å². The molecule has 21 heavy (non-hydrogen) atoms. The van der Waals surface area contributed by atoms with E-state index in [4.69, 9.17) is 4.74 Å². The molecule has 2 heteroatoms. The molecule has 0 aliphatic heterocycles. The van der Waals surface area contributed by atoms with E-state index >= 15 is 0 Å². The van der Waals surface area contributed by atoms with Crippen LogP contribution in [0, 0.1) is 11.8 Å². The van der Waals surface area contributed by atoms with Gasteiger partial charge in [-0.25, -0.2) is 0 Å². The molecule has 3 atom stereocenters. The first-order valence-corrected chi connectivity index (χ1v) is 8.41. The molecule has 1 aromatic carbocycles. The Balaban J connectivity index is 2.48. The number of ether oxygens (including phenoxy) is 1. The van der Waals surface area contributed by atoms with Crippen molar-refractivity contribution in [3.63, 3.8) is 0 Å². The fourth-order valence-corrected chi connectivity index (χ4v) is 2.48. The number of benzene rings is 1. The van der Waals surface area contributed by atoms with Crippen LogP contribution in [0.2, 0.25) is 0 Å². The molecule has 0 bridgehead atoms. The Morgan fingerprint density at radius 3 is 2.14 bits per heavy atom. The lowest BCUT2D eigenvalue weighted by Crippen LogP contribution is -2.30. The molecule has 0 aliphatic carbocycles. The highest BCUT2D eigenvalue weighted by Crippen LogP contribution is 2.20. The van der Waals surface area contributed by atoms with Gasteiger partial charge in [0.1, 0.15) is 5.75 Å². The van der Waals surface area contributed by atoms with E-state index in [0.29, 0.717) is 18.0 Å². The first kappa shape index (κ1) is 18.0. The lowest BCUT2D eigenvalue weighted by Gasteiger charge is -2.23. The van der Waals surface area contributed by atoms with E-state index in [1.54, 1.807) is 0 Å². The Morgan fingerprint density at radius 2 is 1.62 bits per heavy atom. The van der Waals surface area contributed by atoms with Gasteiger partial charge < -0.3 is 10.1 Å². The molecule has 0 fully saturated rings. The number of nitrogens with one attached hydrogen (secondary N) is 1. The quantitative estimate of drug-likeness (QED) is 0.675. The average molecular weight is 291 g/mol. The summed E-state index contributed by atoms with van der Waals surface area (Å²) in [6.45, 7) is 14.2. The summed E-state index contributed by atoms with van der Waals surface area (Å²) in [6, 6.07) is 9.42. The van der Waals surface area contributed by atoms with E-state index in [2.05, 4.69) is 71.1 Å². The minimum Gasteiger partial charge on any atom is -0.493 e. The molecule has 1 N–H and O–H groups in total. The van der Waals surface area contributed by atoms with Crippen LogP contribution in [0.3, 0.4) is 0 Å². The Morgan fingerprint density at radius 1 is 1.00 bits per heavy atom. The van der Waals surface area contributed by atoms with Crippen LogP contribution < -0.4 is 10.1 Å². The second kappa shape index (κ2) is 9.09. The number of hydrogen-bond donors (Lipinski definition) is 1. The number of rotatable bonds is 9. The minimum absolute atomic E-state index is 0.378. The molecule has 0 amide bonds. The molecule has 0 aromatic heterocycles. The summed E-state index contributed by atoms with van der Waals surface area (Å²) >= 11 is 0. The summed E-state index contributed by atoms with van der Waals surface area (Å²) in [4.78, 5) is 0. The van der Waals surface area contributed by atoms with Gasteiger partial charge in [0.15, 0.2) is 0 Å². The molecule has 0 heterocycles. The molecule has 3 unspecified atom stereocenters. The molecular formula is C19H33NO. The Hall–Kier alpha value is -1.02. The lowest BCUT2D eigenvalue weighted by atomic mass is 9.99. The van der Waals surface area contributed by atoms with Crippen molar-refractivity contribution >= 4 is 0 Å². The van der Waals surface area contributed by atoms with E-state index in [0.717, 1.165) is 18.3 Å². The first-order valence-electron chi connectivity index (χ1n) is 8.41. The van der Waals surface area contributed by atoms with Crippen molar-refractivity contribution in [1.82, 2.24) is 5.32 Å². The summed E-state index contributed by atoms with van der Waals surface area (Å²) in [5.41, 5.74) is 1.32. The fraction of sp³-hybridized carbons (Fsp3) is 0.684. The molecule has 1 aromatic rings. The molecule has 120 valence electrons. The predicted octanol–water partition coefficient (Wildman–Crippen LogP) is 5.20. The fourth-order valence-electron chi connectivity index (χ4n) is 2.48. The van der Waals surface area contributed by atoms with Crippen LogP contribution in [-0.2, 0) is 0 Å². The average Bonchev–Trinajstić information content (AvgIpc) is 2.45. The van der Waals surface area contributed by atoms with E-state index in [1.807, 2.05) is 0 Å². The van der Waals surface area contributed by atoms with Gasteiger partial charge in [-0.15, -0.1) is 0 Å². The zero-order valence-corrected chi connectivity index (χ0v) is 14.6. The van der Waals surface area contributed by atoms with E-state index in [1.165, 1.54) is 18.4 Å². The molecule has 2 nitrogen and oxygen atoms in total. The van der Waals surface area contributed by atoms with Crippen LogP contribution in [0.25, 0.3) is 0 Å². The summed E-state index contributed by atoms with van der Waals surface area (Å²) in [5.74, 6) is 2.31. The van der Waals surface area contributed by atoms with Crippen LogP contribution in [0.1, 0.15) is 66.0 Å². The van der Waals surface area contributed by atoms with Gasteiger partial charge in [0.25, 0.3) is 0 Å². The molecule has 0 radical (unpaired) electrons. The highest BCUT2D eigenvalue weighted by Gasteiger charge is 2.12. The van der Waals surface area contributed by atoms with E-state index in [9.17, 15) is 0 Å². The SMILES string of the molecule is CCC(C)CC(C)NC(C)c1ccc(OCC(C)C)cc1. The standard InChI is InChI=1S/C19H33NO/c1-7-15(4)12-16(5)20-17(6)18-8-10-19(11-9-18)21-13-14(2)3/h8-11,14-17,20H,7,12-13H2,1-6H3. The zero-order chi connectivity index (χ0) is 15.8. The maximum atomic E-state index is 5.73. The minimum atomic E-state index is 0.378. The largest absolute Gasteiger partial charge is 0.493 e. The van der Waals surface area contributed by atoms with Gasteiger partial charge in [-0.05, 0) is 49.8 Å². The second-order valence-corrected chi connectivity index (χ2v) is 6.81. The maximum Gasteiger partial charge on any atom is 0.119 e. The molecule has 0 saturated heterocycles. The molecular weight excluding hydrogens is 258 g/mol. The van der Waals surface area contributed by atoms with Crippen LogP contribution in [0.4, 0.5) is 0 Å². The maximum absolute atomic E-state index is 5.73. The van der Waals surface area contributed by atoms with Crippen LogP contribution in [0.15, 0.2) is 24.3 Å². The normalized spacial score (nSPS) is 15.8. The first-order chi connectivity index (χ1) is 9.92. The topological polar surface area (TPSA) is 21.3 Å². The monoisotopic (exact) mass is 291 g/mol. The van der Waals surface area contributed by atoms with Gasteiger partial charge in [0.2, 0.25) is 0 Å². The number of hydrogen-bond acceptors (Lipinski definition) is 2. The van der Waals surface area contributed by atoms with Gasteiger partial charge in [-0.2, -0.15) is 0 Å². The molecule has 1 rings (SSSR count). The van der Waals surface area contributed by atoms with E-state index in [-0.39, 0.29) is 0 Å². The smallest absolute Gasteiger partial charge is 0.119 e. The van der Waals surface area contributed by atoms with Gasteiger partial charge in [0.05, 0.1) is 6.61 Å². The highest BCUT2D eigenvalue weighted by molar-refractivity contribution is 5.29. The Bertz CT molecular complexity index is 385. The summed E-state index contributed by atoms with van der Waals surface area (Å²) in [7, 11) is 0. The molecule has 0 saturated carbocycles. The van der Waals surface area contributed by atoms with Crippen molar-refractivity contribution in [3.8, 4) is 5.75 Å². The van der Waals surface area contributed by atoms with Crippen molar-refractivity contribution in [3.05, 3.63) is 29.8 Å². The van der Waals surface area contributed by atoms with Gasteiger partial charge in [-0.3, -0.25) is 0 Å². The van der Waals surface area contributed by atoms with Gasteiger partial charge in [-0.1, -0.05) is 46.2 Å². The van der Waals surface area contributed by atoms with Crippen LogP contribution in [-0.4, -0.2) is 12.6 Å². The van der Waals surface area contributed by atoms with E-state index < -0.39 is 0 Å². The van der Waals surface area contributed by atoms with Crippen LogP contribution in [0.5, 0.6) is 5.75 Å². The Kier molecular flexibility index (Phi) is 7.81. The lowest BCUT2D eigenvalue weighted by molar-refractivity contribution is 0.271. The zero-order valence-electron chi connectivity index (χ0n) is 14.6. The van der Waals surface area contributed by atoms with Gasteiger partial charge >= 0.3 is 0 Å². The third kappa shape index (κ3) is 6.99. The third-order valence-electron chi connectivity index (χ3n) is 3.95. The molecule has 0 spiro atoms. The summed E-state index contributed by atoms with van der Waals surface area (Å²) < 4.78 is 5.73. The Labute approximate surface area is 131 Å². The van der Waals surface area contributed by atoms with Crippen LogP contribution >= 0.6 is 0 Å². The second-order valence-electron chi connectivity index (χ2n) is 6.81. The van der Waals surface area contributed by atoms with Crippen molar-refractivity contribution < 1.29 is 4.74 Å². The van der Waals surface area contributed by atoms with Crippen molar-refractivity contribution in [2.24, 2.45) is 11.8 Å². The predicted molar refractivity (Wildman–Crippen MR) is 91.9 cm³/mol. The van der Waals surface area contributed by atoms with Gasteiger partial charge in [0, 0.05) is 12.1 Å². The third-order valence-corrected chi connectivity index (χ3v) is 3.95. The van der Waals surface area contributed by atoms with Crippen molar-refractivity contribution in [2.75, 3.05) is 6.61 Å². The highest BCUT2D eigenvalue weighted by atomic mass is 16.5. The molecule has 0 aliphatic rings. The summed E-state index contributed by atoms with van der Waals surface area (Å²) in [6.07, 6.45) is 2.48. The van der Waals surface area contributed by atoms with Crippen molar-refractivity contribution in [1.29, 1.82) is 0 Å². The summed E-state index contributed by atoms with van der Waals surface area (Å²) in [5, 5.41) is 3.69.